The van der Waals surface area contributed by atoms with E-state index < -0.39 is 6.10 Å². The zero-order chi connectivity index (χ0) is 21.9. The maximum Gasteiger partial charge on any atom is 0.186 e. The van der Waals surface area contributed by atoms with Gasteiger partial charge in [0.2, 0.25) is 0 Å². The van der Waals surface area contributed by atoms with Crippen molar-refractivity contribution in [2.24, 2.45) is 0 Å². The first-order valence-corrected chi connectivity index (χ1v) is 12.1. The summed E-state index contributed by atoms with van der Waals surface area (Å²) >= 11 is 1.79. The molecule has 1 aliphatic rings. The van der Waals surface area contributed by atoms with Crippen LogP contribution in [0.15, 0.2) is 66.7 Å². The molecule has 3 aromatic carbocycles. The van der Waals surface area contributed by atoms with E-state index in [1.165, 1.54) is 15.5 Å². The number of anilines is 1. The molecule has 0 bridgehead atoms. The van der Waals surface area contributed by atoms with E-state index >= 15 is 0 Å². The summed E-state index contributed by atoms with van der Waals surface area (Å²) in [4.78, 5) is 9.63. The number of piperidine rings is 1. The lowest BCUT2D eigenvalue weighted by Crippen LogP contribution is -2.46. The van der Waals surface area contributed by atoms with E-state index in [0.29, 0.717) is 19.2 Å². The van der Waals surface area contributed by atoms with E-state index in [2.05, 4.69) is 53.2 Å². The molecule has 4 aromatic rings. The smallest absolute Gasteiger partial charge is 0.186 e. The number of hydrogen-bond acceptors (Lipinski definition) is 6. The Morgan fingerprint density at radius 2 is 1.81 bits per heavy atom. The third kappa shape index (κ3) is 4.58. The Kier molecular flexibility index (Phi) is 6.26. The number of fused-ring (bicyclic) bond motifs is 3. The van der Waals surface area contributed by atoms with Crippen LogP contribution in [-0.2, 0) is 0 Å². The molecule has 5 rings (SSSR count). The zero-order valence-electron chi connectivity index (χ0n) is 18.4. The van der Waals surface area contributed by atoms with Gasteiger partial charge in [0.15, 0.2) is 5.13 Å². The monoisotopic (exact) mass is 447 g/mol. The topological polar surface area (TPSA) is 48.8 Å². The van der Waals surface area contributed by atoms with Gasteiger partial charge in [-0.2, -0.15) is 0 Å². The Balaban J connectivity index is 1.17. The molecule has 6 heteroatoms. The largest absolute Gasteiger partial charge is 0.491 e. The average Bonchev–Trinajstić information content (AvgIpc) is 3.28. The van der Waals surface area contributed by atoms with E-state index in [0.717, 1.165) is 42.3 Å². The molecule has 0 aliphatic carbocycles. The van der Waals surface area contributed by atoms with Gasteiger partial charge in [-0.25, -0.2) is 4.98 Å². The van der Waals surface area contributed by atoms with Gasteiger partial charge < -0.3 is 19.6 Å². The third-order valence-corrected chi connectivity index (χ3v) is 7.52. The lowest BCUT2D eigenvalue weighted by molar-refractivity contribution is 0.0595. The molecule has 0 saturated carbocycles. The lowest BCUT2D eigenvalue weighted by Gasteiger charge is -2.37. The highest BCUT2D eigenvalue weighted by molar-refractivity contribution is 7.23. The van der Waals surface area contributed by atoms with Crippen molar-refractivity contribution in [1.29, 1.82) is 0 Å². The first-order chi connectivity index (χ1) is 15.7. The number of benzene rings is 3. The number of hydrogen-bond donors (Lipinski definition) is 1. The van der Waals surface area contributed by atoms with Gasteiger partial charge in [-0.3, -0.25) is 0 Å². The average molecular weight is 448 g/mol. The van der Waals surface area contributed by atoms with Crippen LogP contribution in [-0.4, -0.2) is 60.4 Å². The predicted molar refractivity (Wildman–Crippen MR) is 133 cm³/mol. The highest BCUT2D eigenvalue weighted by Gasteiger charge is 2.25. The minimum Gasteiger partial charge on any atom is -0.491 e. The van der Waals surface area contributed by atoms with E-state index in [9.17, 15) is 5.11 Å². The van der Waals surface area contributed by atoms with Gasteiger partial charge >= 0.3 is 0 Å². The number of ether oxygens (including phenoxy) is 1. The molecule has 1 atom stereocenters. The van der Waals surface area contributed by atoms with Crippen molar-refractivity contribution >= 4 is 37.5 Å². The molecule has 1 aliphatic heterocycles. The summed E-state index contributed by atoms with van der Waals surface area (Å²) in [7, 11) is 2.17. The SMILES string of the molecule is CN(c1nc2ccc3ccccc3c2s1)C1CCN(CC(O)COc2ccccc2)CC1. The maximum absolute atomic E-state index is 10.4. The van der Waals surface area contributed by atoms with Crippen molar-refractivity contribution in [3.63, 3.8) is 0 Å². The standard InChI is InChI=1S/C26H29N3O2S/c1-28(26-27-24-12-11-19-7-5-6-10-23(19)25(24)32-26)20-13-15-29(16-14-20)17-21(30)18-31-22-8-3-2-4-9-22/h2-12,20-21,30H,13-18H2,1H3. The van der Waals surface area contributed by atoms with Crippen molar-refractivity contribution in [2.45, 2.75) is 25.0 Å². The number of aliphatic hydroxyl groups is 1. The summed E-state index contributed by atoms with van der Waals surface area (Å²) in [5.74, 6) is 0.801. The zero-order valence-corrected chi connectivity index (χ0v) is 19.2. The number of aliphatic hydroxyl groups excluding tert-OH is 1. The predicted octanol–water partition coefficient (Wildman–Crippen LogP) is 4.79. The summed E-state index contributed by atoms with van der Waals surface area (Å²) in [5.41, 5.74) is 1.08. The normalized spacial score (nSPS) is 16.4. The molecule has 32 heavy (non-hydrogen) atoms. The molecular formula is C26H29N3O2S. The van der Waals surface area contributed by atoms with Gasteiger partial charge in [-0.15, -0.1) is 0 Å². The number of para-hydroxylation sites is 1. The van der Waals surface area contributed by atoms with Gasteiger partial charge in [0, 0.05) is 38.1 Å². The molecule has 1 unspecified atom stereocenters. The summed E-state index contributed by atoms with van der Waals surface area (Å²) in [5, 5.41) is 14.0. The fourth-order valence-electron chi connectivity index (χ4n) is 4.50. The fraction of sp³-hybridized carbons (Fsp3) is 0.346. The third-order valence-electron chi connectivity index (χ3n) is 6.33. The van der Waals surface area contributed by atoms with Crippen LogP contribution in [0, 0.1) is 0 Å². The summed E-state index contributed by atoms with van der Waals surface area (Å²) in [6.45, 7) is 2.93. The van der Waals surface area contributed by atoms with E-state index in [1.807, 2.05) is 30.3 Å². The molecule has 0 radical (unpaired) electrons. The second-order valence-electron chi connectivity index (χ2n) is 8.55. The number of aromatic nitrogens is 1. The molecule has 1 saturated heterocycles. The Hall–Kier alpha value is -2.67. The molecule has 1 aromatic heterocycles. The Bertz CT molecular complexity index is 1170. The van der Waals surface area contributed by atoms with E-state index in [1.54, 1.807) is 11.3 Å². The quantitative estimate of drug-likeness (QED) is 0.441. The van der Waals surface area contributed by atoms with Crippen LogP contribution < -0.4 is 9.64 Å². The molecule has 0 spiro atoms. The van der Waals surface area contributed by atoms with Crippen LogP contribution in [0.2, 0.25) is 0 Å². The van der Waals surface area contributed by atoms with Gasteiger partial charge in [-0.1, -0.05) is 59.9 Å². The Morgan fingerprint density at radius 3 is 2.62 bits per heavy atom. The highest BCUT2D eigenvalue weighted by atomic mass is 32.1. The molecular weight excluding hydrogens is 418 g/mol. The van der Waals surface area contributed by atoms with Gasteiger partial charge in [0.05, 0.1) is 10.2 Å². The molecule has 5 nitrogen and oxygen atoms in total. The van der Waals surface area contributed by atoms with Crippen molar-refractivity contribution in [3.8, 4) is 5.75 Å². The number of β-amino-alcohol motifs (C(OH)–C–C–N with tert-alkyl or cyclic N) is 1. The fourth-order valence-corrected chi connectivity index (χ4v) is 5.63. The van der Waals surface area contributed by atoms with Gasteiger partial charge in [0.1, 0.15) is 18.5 Å². The number of likely N-dealkylation sites (tertiary alicyclic amines) is 1. The summed E-state index contributed by atoms with van der Waals surface area (Å²) in [6, 6.07) is 23.0. The van der Waals surface area contributed by atoms with Crippen LogP contribution in [0.4, 0.5) is 5.13 Å². The lowest BCUT2D eigenvalue weighted by atomic mass is 10.0. The van der Waals surface area contributed by atoms with Crippen molar-refractivity contribution in [2.75, 3.05) is 38.2 Å². The molecule has 2 heterocycles. The van der Waals surface area contributed by atoms with Crippen LogP contribution in [0.25, 0.3) is 21.0 Å². The molecule has 166 valence electrons. The van der Waals surface area contributed by atoms with Gasteiger partial charge in [-0.05, 0) is 36.4 Å². The minimum atomic E-state index is -0.484. The van der Waals surface area contributed by atoms with Gasteiger partial charge in [0.25, 0.3) is 0 Å². The summed E-state index contributed by atoms with van der Waals surface area (Å²) < 4.78 is 6.96. The van der Waals surface area contributed by atoms with Crippen molar-refractivity contribution in [3.05, 3.63) is 66.7 Å². The number of nitrogens with zero attached hydrogens (tertiary/aromatic N) is 3. The minimum absolute atomic E-state index is 0.323. The van der Waals surface area contributed by atoms with E-state index in [-0.39, 0.29) is 0 Å². The first kappa shape index (κ1) is 21.2. The second-order valence-corrected chi connectivity index (χ2v) is 9.53. The number of rotatable bonds is 7. The second kappa shape index (κ2) is 9.45. The first-order valence-electron chi connectivity index (χ1n) is 11.3. The molecule has 0 amide bonds. The Labute approximate surface area is 192 Å². The summed E-state index contributed by atoms with van der Waals surface area (Å²) in [6.07, 6.45) is 1.65. The van der Waals surface area contributed by atoms with Crippen molar-refractivity contribution in [1.82, 2.24) is 9.88 Å². The number of thiazole rings is 1. The maximum atomic E-state index is 10.4. The Morgan fingerprint density at radius 1 is 1.06 bits per heavy atom. The molecule has 1 N–H and O–H groups in total. The van der Waals surface area contributed by atoms with E-state index in [4.69, 9.17) is 9.72 Å². The molecule has 1 fully saturated rings. The highest BCUT2D eigenvalue weighted by Crippen LogP contribution is 2.35. The van der Waals surface area contributed by atoms with Crippen LogP contribution in [0.3, 0.4) is 0 Å². The van der Waals surface area contributed by atoms with Crippen molar-refractivity contribution < 1.29 is 9.84 Å². The van der Waals surface area contributed by atoms with Crippen LogP contribution in [0.5, 0.6) is 5.75 Å². The van der Waals surface area contributed by atoms with Crippen LogP contribution >= 0.6 is 11.3 Å². The van der Waals surface area contributed by atoms with Crippen LogP contribution in [0.1, 0.15) is 12.8 Å².